The van der Waals surface area contributed by atoms with Crippen LogP contribution in [0, 0.1) is 5.92 Å². The van der Waals surface area contributed by atoms with Gasteiger partial charge in [-0.2, -0.15) is 11.8 Å². The molecule has 2 fully saturated rings. The van der Waals surface area contributed by atoms with Crippen LogP contribution in [0.3, 0.4) is 0 Å². The van der Waals surface area contributed by atoms with Crippen molar-refractivity contribution in [2.45, 2.75) is 6.42 Å². The van der Waals surface area contributed by atoms with Gasteiger partial charge in [0.15, 0.2) is 0 Å². The highest BCUT2D eigenvalue weighted by molar-refractivity contribution is 7.99. The van der Waals surface area contributed by atoms with Crippen molar-refractivity contribution in [3.8, 4) is 0 Å². The first-order valence-corrected chi connectivity index (χ1v) is 8.17. The van der Waals surface area contributed by atoms with E-state index in [0.717, 1.165) is 50.3 Å². The molecule has 0 amide bonds. The van der Waals surface area contributed by atoms with Crippen LogP contribution in [0.15, 0.2) is 18.3 Å². The summed E-state index contributed by atoms with van der Waals surface area (Å²) >= 11 is 2.06. The molecule has 1 aromatic heterocycles. The first-order chi connectivity index (χ1) is 9.42. The lowest BCUT2D eigenvalue weighted by atomic mass is 10.1. The summed E-state index contributed by atoms with van der Waals surface area (Å²) in [5.41, 5.74) is 1.13. The number of ether oxygens (including phenoxy) is 1. The minimum absolute atomic E-state index is 0.807. The van der Waals surface area contributed by atoms with E-state index in [0.29, 0.717) is 0 Å². The first kappa shape index (κ1) is 13.1. The van der Waals surface area contributed by atoms with Gasteiger partial charge in [-0.15, -0.1) is 0 Å². The van der Waals surface area contributed by atoms with Gasteiger partial charge in [-0.25, -0.2) is 4.98 Å². The molecule has 0 spiro atoms. The molecule has 3 heterocycles. The summed E-state index contributed by atoms with van der Waals surface area (Å²) in [6.45, 7) is 4.58. The summed E-state index contributed by atoms with van der Waals surface area (Å²) in [5, 5.41) is 3.50. The van der Waals surface area contributed by atoms with Crippen molar-refractivity contribution >= 4 is 23.3 Å². The van der Waals surface area contributed by atoms with Gasteiger partial charge in [0.1, 0.15) is 5.82 Å². The van der Waals surface area contributed by atoms with Gasteiger partial charge in [-0.1, -0.05) is 0 Å². The highest BCUT2D eigenvalue weighted by Gasteiger charge is 2.15. The average molecular weight is 279 g/mol. The van der Waals surface area contributed by atoms with E-state index in [9.17, 15) is 0 Å². The molecule has 0 saturated carbocycles. The van der Waals surface area contributed by atoms with E-state index in [1.54, 1.807) is 0 Å². The fourth-order valence-corrected chi connectivity index (χ4v) is 3.76. The Morgan fingerprint density at radius 1 is 1.37 bits per heavy atom. The second-order valence-corrected chi connectivity index (χ2v) is 6.26. The van der Waals surface area contributed by atoms with Crippen LogP contribution in [0.4, 0.5) is 11.5 Å². The Hall–Kier alpha value is -0.940. The molecule has 1 N–H and O–H groups in total. The third kappa shape index (κ3) is 3.54. The molecule has 104 valence electrons. The molecule has 0 radical (unpaired) electrons. The second kappa shape index (κ2) is 6.48. The highest BCUT2D eigenvalue weighted by atomic mass is 32.2. The number of rotatable bonds is 4. The van der Waals surface area contributed by atoms with Gasteiger partial charge in [-0.3, -0.25) is 0 Å². The number of thioether (sulfide) groups is 1. The van der Waals surface area contributed by atoms with Gasteiger partial charge >= 0.3 is 0 Å². The summed E-state index contributed by atoms with van der Waals surface area (Å²) < 4.78 is 5.36. The van der Waals surface area contributed by atoms with Gasteiger partial charge in [0.05, 0.1) is 25.1 Å². The normalized spacial score (nSPS) is 23.6. The maximum absolute atomic E-state index is 5.36. The third-order valence-electron chi connectivity index (χ3n) is 3.70. The SMILES string of the molecule is c1cc(N2CCOCC2)ncc1NCC1CCSC1. The highest BCUT2D eigenvalue weighted by Crippen LogP contribution is 2.24. The van der Waals surface area contributed by atoms with Gasteiger partial charge < -0.3 is 15.0 Å². The number of morpholine rings is 1. The monoisotopic (exact) mass is 279 g/mol. The summed E-state index contributed by atoms with van der Waals surface area (Å²) in [5.74, 6) is 4.50. The quantitative estimate of drug-likeness (QED) is 0.913. The van der Waals surface area contributed by atoms with Crippen LogP contribution < -0.4 is 10.2 Å². The lowest BCUT2D eigenvalue weighted by Crippen LogP contribution is -2.36. The molecule has 0 aromatic carbocycles. The van der Waals surface area contributed by atoms with Gasteiger partial charge in [0, 0.05) is 19.6 Å². The minimum atomic E-state index is 0.807. The summed E-state index contributed by atoms with van der Waals surface area (Å²) in [6, 6.07) is 4.25. The molecule has 4 nitrogen and oxygen atoms in total. The minimum Gasteiger partial charge on any atom is -0.383 e. The van der Waals surface area contributed by atoms with Crippen molar-refractivity contribution in [1.82, 2.24) is 4.98 Å². The molecule has 1 aromatic rings. The fraction of sp³-hybridized carbons (Fsp3) is 0.643. The molecule has 2 saturated heterocycles. The van der Waals surface area contributed by atoms with E-state index in [1.165, 1.54) is 17.9 Å². The molecule has 19 heavy (non-hydrogen) atoms. The Labute approximate surface area is 118 Å². The molecule has 3 rings (SSSR count). The Balaban J connectivity index is 1.52. The predicted molar refractivity (Wildman–Crippen MR) is 81.2 cm³/mol. The lowest BCUT2D eigenvalue weighted by Gasteiger charge is -2.27. The number of nitrogens with zero attached hydrogens (tertiary/aromatic N) is 2. The van der Waals surface area contributed by atoms with Crippen molar-refractivity contribution in [2.75, 3.05) is 54.6 Å². The van der Waals surface area contributed by atoms with E-state index >= 15 is 0 Å². The van der Waals surface area contributed by atoms with Crippen LogP contribution in [0.2, 0.25) is 0 Å². The van der Waals surface area contributed by atoms with E-state index < -0.39 is 0 Å². The summed E-state index contributed by atoms with van der Waals surface area (Å²) in [7, 11) is 0. The maximum Gasteiger partial charge on any atom is 0.128 e. The molecular formula is C14H21N3OS. The second-order valence-electron chi connectivity index (χ2n) is 5.12. The van der Waals surface area contributed by atoms with Gasteiger partial charge in [0.2, 0.25) is 0 Å². The van der Waals surface area contributed by atoms with Crippen molar-refractivity contribution in [2.24, 2.45) is 5.92 Å². The summed E-state index contributed by atoms with van der Waals surface area (Å²) in [6.07, 6.45) is 3.30. The Kier molecular flexibility index (Phi) is 4.45. The molecule has 1 unspecified atom stereocenters. The van der Waals surface area contributed by atoms with Crippen LogP contribution in [0.1, 0.15) is 6.42 Å². The molecular weight excluding hydrogens is 258 g/mol. The molecule has 5 heteroatoms. The molecule has 0 bridgehead atoms. The largest absolute Gasteiger partial charge is 0.383 e. The van der Waals surface area contributed by atoms with E-state index in [1.807, 2.05) is 6.20 Å². The zero-order chi connectivity index (χ0) is 12.9. The number of nitrogens with one attached hydrogen (secondary N) is 1. The van der Waals surface area contributed by atoms with Crippen molar-refractivity contribution in [3.63, 3.8) is 0 Å². The fourth-order valence-electron chi connectivity index (χ4n) is 2.48. The van der Waals surface area contributed by atoms with Crippen LogP contribution in [-0.4, -0.2) is 49.3 Å². The Morgan fingerprint density at radius 2 is 2.26 bits per heavy atom. The third-order valence-corrected chi connectivity index (χ3v) is 4.93. The van der Waals surface area contributed by atoms with Crippen LogP contribution in [0.5, 0.6) is 0 Å². The van der Waals surface area contributed by atoms with Crippen molar-refractivity contribution < 1.29 is 4.74 Å². The smallest absolute Gasteiger partial charge is 0.128 e. The summed E-state index contributed by atoms with van der Waals surface area (Å²) in [4.78, 5) is 6.83. The first-order valence-electron chi connectivity index (χ1n) is 7.02. The Morgan fingerprint density at radius 3 is 2.95 bits per heavy atom. The lowest BCUT2D eigenvalue weighted by molar-refractivity contribution is 0.122. The average Bonchev–Trinajstić information content (AvgIpc) is 3.00. The molecule has 2 aliphatic rings. The maximum atomic E-state index is 5.36. The number of hydrogen-bond acceptors (Lipinski definition) is 5. The van der Waals surface area contributed by atoms with Crippen LogP contribution in [-0.2, 0) is 4.74 Å². The van der Waals surface area contributed by atoms with Crippen LogP contribution in [0.25, 0.3) is 0 Å². The van der Waals surface area contributed by atoms with Gasteiger partial charge in [0.25, 0.3) is 0 Å². The number of anilines is 2. The number of hydrogen-bond donors (Lipinski definition) is 1. The van der Waals surface area contributed by atoms with E-state index in [4.69, 9.17) is 4.74 Å². The molecule has 0 aliphatic carbocycles. The van der Waals surface area contributed by atoms with Gasteiger partial charge in [-0.05, 0) is 36.0 Å². The van der Waals surface area contributed by atoms with E-state index in [-0.39, 0.29) is 0 Å². The molecule has 2 aliphatic heterocycles. The zero-order valence-electron chi connectivity index (χ0n) is 11.2. The van der Waals surface area contributed by atoms with Crippen molar-refractivity contribution in [3.05, 3.63) is 18.3 Å². The van der Waals surface area contributed by atoms with E-state index in [2.05, 4.69) is 39.1 Å². The number of pyridine rings is 1. The zero-order valence-corrected chi connectivity index (χ0v) is 12.0. The molecule has 1 atom stereocenters. The number of aromatic nitrogens is 1. The topological polar surface area (TPSA) is 37.4 Å². The standard InChI is InChI=1S/C14H21N3OS/c1-2-14(17-4-6-18-7-5-17)16-10-13(1)15-9-12-3-8-19-11-12/h1-2,10,12,15H,3-9,11H2. The predicted octanol–water partition coefficient (Wildman–Crippen LogP) is 2.08. The van der Waals surface area contributed by atoms with Crippen molar-refractivity contribution in [1.29, 1.82) is 0 Å². The Bertz CT molecular complexity index is 386. The van der Waals surface area contributed by atoms with Crippen LogP contribution >= 0.6 is 11.8 Å².